The number of piperazine rings is 1. The van der Waals surface area contributed by atoms with Crippen LogP contribution in [0.25, 0.3) is 27.9 Å². The smallest absolute Gasteiger partial charge is 0.254 e. The summed E-state index contributed by atoms with van der Waals surface area (Å²) in [6.45, 7) is 6.01. The first kappa shape index (κ1) is 22.5. The summed E-state index contributed by atoms with van der Waals surface area (Å²) >= 11 is 6.32. The van der Waals surface area contributed by atoms with Crippen molar-refractivity contribution in [1.29, 1.82) is 0 Å². The third-order valence-corrected chi connectivity index (χ3v) is 7.02. The van der Waals surface area contributed by atoms with Crippen molar-refractivity contribution in [2.45, 2.75) is 19.9 Å². The van der Waals surface area contributed by atoms with Gasteiger partial charge in [0.25, 0.3) is 5.91 Å². The highest BCUT2D eigenvalue weighted by Crippen LogP contribution is 2.31. The zero-order valence-corrected chi connectivity index (χ0v) is 20.9. The van der Waals surface area contributed by atoms with E-state index in [2.05, 4.69) is 53.2 Å². The molecule has 1 aliphatic rings. The third-order valence-electron chi connectivity index (χ3n) is 6.79. The summed E-state index contributed by atoms with van der Waals surface area (Å²) < 4.78 is 2.03. The highest BCUT2D eigenvalue weighted by molar-refractivity contribution is 6.31. The highest BCUT2D eigenvalue weighted by Gasteiger charge is 2.31. The molecule has 0 aliphatic carbocycles. The minimum absolute atomic E-state index is 0.00216. The van der Waals surface area contributed by atoms with Crippen molar-refractivity contribution in [1.82, 2.24) is 24.5 Å². The molecule has 1 saturated heterocycles. The lowest BCUT2D eigenvalue weighted by atomic mass is 10.1. The van der Waals surface area contributed by atoms with Crippen molar-refractivity contribution in [3.63, 3.8) is 0 Å². The molecule has 0 saturated carbocycles. The minimum atomic E-state index is -0.00216. The fourth-order valence-electron chi connectivity index (χ4n) is 4.88. The van der Waals surface area contributed by atoms with Gasteiger partial charge in [0.2, 0.25) is 5.95 Å². The van der Waals surface area contributed by atoms with Gasteiger partial charge in [-0.2, -0.15) is 0 Å². The molecule has 3 heterocycles. The lowest BCUT2D eigenvalue weighted by Crippen LogP contribution is -2.54. The number of aryl methyl sites for hydroxylation is 1. The summed E-state index contributed by atoms with van der Waals surface area (Å²) in [5, 5.41) is 10.7. The van der Waals surface area contributed by atoms with Crippen LogP contribution in [-0.2, 0) is 0 Å². The molecule has 0 unspecified atom stereocenters. The van der Waals surface area contributed by atoms with Crippen molar-refractivity contribution in [2.75, 3.05) is 24.5 Å². The first-order chi connectivity index (χ1) is 17.5. The second-order valence-corrected chi connectivity index (χ2v) is 9.72. The third kappa shape index (κ3) is 3.85. The molecule has 7 nitrogen and oxygen atoms in total. The maximum absolute atomic E-state index is 13.2. The zero-order valence-electron chi connectivity index (χ0n) is 20.1. The van der Waals surface area contributed by atoms with E-state index in [9.17, 15) is 4.79 Å². The van der Waals surface area contributed by atoms with E-state index in [1.54, 1.807) is 0 Å². The van der Waals surface area contributed by atoms with Crippen LogP contribution in [0, 0.1) is 6.92 Å². The van der Waals surface area contributed by atoms with E-state index in [1.165, 1.54) is 5.56 Å². The summed E-state index contributed by atoms with van der Waals surface area (Å²) in [6.07, 6.45) is 0. The van der Waals surface area contributed by atoms with Crippen molar-refractivity contribution in [3.05, 3.63) is 88.9 Å². The first-order valence-electron chi connectivity index (χ1n) is 12.0. The molecule has 8 heteroatoms. The van der Waals surface area contributed by atoms with Gasteiger partial charge in [-0.15, -0.1) is 10.2 Å². The predicted octanol–water partition coefficient (Wildman–Crippen LogP) is 5.26. The van der Waals surface area contributed by atoms with Crippen molar-refractivity contribution in [2.24, 2.45) is 0 Å². The average molecular weight is 497 g/mol. The van der Waals surface area contributed by atoms with Crippen molar-refractivity contribution >= 4 is 40.0 Å². The Kier molecular flexibility index (Phi) is 5.57. The van der Waals surface area contributed by atoms with Crippen LogP contribution in [0.4, 0.5) is 5.95 Å². The van der Waals surface area contributed by atoms with E-state index in [1.807, 2.05) is 57.8 Å². The van der Waals surface area contributed by atoms with Crippen LogP contribution in [0.1, 0.15) is 22.8 Å². The van der Waals surface area contributed by atoms with Gasteiger partial charge in [0, 0.05) is 47.2 Å². The van der Waals surface area contributed by atoms with E-state index >= 15 is 0 Å². The number of carbonyl (C=O) groups is 1. The molecule has 0 spiro atoms. The molecule has 0 radical (unpaired) electrons. The average Bonchev–Trinajstić information content (AvgIpc) is 3.34. The zero-order chi connectivity index (χ0) is 24.8. The summed E-state index contributed by atoms with van der Waals surface area (Å²) in [7, 11) is 0. The number of aromatic nitrogens is 4. The standard InChI is InChI=1S/C28H25ClN6O/c1-18-8-10-20(11-9-18)25-31-32-26-23-13-12-22(29)16-24(23)30-28(35(25)26)33-14-15-34(19(2)17-33)27(36)21-6-4-3-5-7-21/h3-13,16,19H,14-15,17H2,1-2H3/t19-/m1/s1. The predicted molar refractivity (Wildman–Crippen MR) is 143 cm³/mol. The Morgan fingerprint density at radius 2 is 1.75 bits per heavy atom. The monoisotopic (exact) mass is 496 g/mol. The van der Waals surface area contributed by atoms with Crippen LogP contribution >= 0.6 is 11.6 Å². The largest absolute Gasteiger partial charge is 0.338 e. The van der Waals surface area contributed by atoms with Crippen LogP contribution in [0.15, 0.2) is 72.8 Å². The number of nitrogens with zero attached hydrogens (tertiary/aromatic N) is 6. The summed E-state index contributed by atoms with van der Waals surface area (Å²) in [5.41, 5.74) is 4.36. The molecule has 1 amide bonds. The number of hydrogen-bond donors (Lipinski definition) is 0. The van der Waals surface area contributed by atoms with Gasteiger partial charge in [0.05, 0.1) is 5.52 Å². The van der Waals surface area contributed by atoms with E-state index in [4.69, 9.17) is 16.6 Å². The molecule has 5 aromatic rings. The molecule has 0 bridgehead atoms. The Labute approximate surface area is 214 Å². The number of fused-ring (bicyclic) bond motifs is 3. The van der Waals surface area contributed by atoms with Crippen LogP contribution < -0.4 is 4.90 Å². The van der Waals surface area contributed by atoms with E-state index < -0.39 is 0 Å². The Balaban J connectivity index is 1.44. The van der Waals surface area contributed by atoms with Crippen LogP contribution in [0.3, 0.4) is 0 Å². The van der Waals surface area contributed by atoms with Gasteiger partial charge < -0.3 is 9.80 Å². The number of rotatable bonds is 3. The molecular weight excluding hydrogens is 472 g/mol. The Morgan fingerprint density at radius 1 is 0.972 bits per heavy atom. The fraction of sp³-hybridized carbons (Fsp3) is 0.214. The van der Waals surface area contributed by atoms with Gasteiger partial charge in [-0.3, -0.25) is 4.79 Å². The van der Waals surface area contributed by atoms with Gasteiger partial charge in [0.15, 0.2) is 11.5 Å². The molecule has 180 valence electrons. The maximum Gasteiger partial charge on any atom is 0.254 e. The van der Waals surface area contributed by atoms with Crippen molar-refractivity contribution < 1.29 is 4.79 Å². The SMILES string of the molecule is Cc1ccc(-c2nnc3c4ccc(Cl)cc4nc(N4CCN(C(=O)c5ccccc5)[C@H](C)C4)n23)cc1. The molecule has 1 fully saturated rings. The van der Waals surface area contributed by atoms with Crippen LogP contribution in [0.5, 0.6) is 0 Å². The maximum atomic E-state index is 13.2. The quantitative estimate of drug-likeness (QED) is 0.341. The number of benzene rings is 3. The van der Waals surface area contributed by atoms with Crippen molar-refractivity contribution in [3.8, 4) is 11.4 Å². The van der Waals surface area contributed by atoms with Gasteiger partial charge in [-0.1, -0.05) is 59.6 Å². The van der Waals surface area contributed by atoms with Gasteiger partial charge in [-0.25, -0.2) is 9.38 Å². The summed E-state index contributed by atoms with van der Waals surface area (Å²) in [4.78, 5) is 22.4. The number of anilines is 1. The number of halogens is 1. The molecule has 6 rings (SSSR count). The van der Waals surface area contributed by atoms with E-state index in [-0.39, 0.29) is 11.9 Å². The van der Waals surface area contributed by atoms with E-state index in [0.29, 0.717) is 30.2 Å². The molecule has 0 N–H and O–H groups in total. The fourth-order valence-corrected chi connectivity index (χ4v) is 5.05. The molecule has 1 aliphatic heterocycles. The molecular formula is C28H25ClN6O. The van der Waals surface area contributed by atoms with Gasteiger partial charge in [0.1, 0.15) is 0 Å². The topological polar surface area (TPSA) is 66.6 Å². The second-order valence-electron chi connectivity index (χ2n) is 9.28. The lowest BCUT2D eigenvalue weighted by molar-refractivity contribution is 0.0673. The molecule has 2 aromatic heterocycles. The molecule has 1 atom stereocenters. The lowest BCUT2D eigenvalue weighted by Gasteiger charge is -2.40. The molecule has 3 aromatic carbocycles. The number of hydrogen-bond acceptors (Lipinski definition) is 5. The Bertz CT molecular complexity index is 1580. The minimum Gasteiger partial charge on any atom is -0.338 e. The highest BCUT2D eigenvalue weighted by atomic mass is 35.5. The second kappa shape index (κ2) is 8.91. The summed E-state index contributed by atoms with van der Waals surface area (Å²) in [6, 6.07) is 23.3. The first-order valence-corrected chi connectivity index (χ1v) is 12.4. The number of amides is 1. The van der Waals surface area contributed by atoms with Gasteiger partial charge >= 0.3 is 0 Å². The normalized spacial score (nSPS) is 16.1. The Morgan fingerprint density at radius 3 is 2.50 bits per heavy atom. The van der Waals surface area contributed by atoms with Gasteiger partial charge in [-0.05, 0) is 44.2 Å². The van der Waals surface area contributed by atoms with Crippen LogP contribution in [-0.4, -0.2) is 56.1 Å². The number of carbonyl (C=O) groups excluding carboxylic acids is 1. The Hall–Kier alpha value is -3.97. The van der Waals surface area contributed by atoms with E-state index in [0.717, 1.165) is 33.9 Å². The summed E-state index contributed by atoms with van der Waals surface area (Å²) in [5.74, 6) is 1.54. The van der Waals surface area contributed by atoms with Crippen LogP contribution in [0.2, 0.25) is 5.02 Å². The molecule has 36 heavy (non-hydrogen) atoms.